The summed E-state index contributed by atoms with van der Waals surface area (Å²) in [4.78, 5) is 37.1. The minimum atomic E-state index is -0.865. The van der Waals surface area contributed by atoms with Gasteiger partial charge in [-0.2, -0.15) is 0 Å². The Labute approximate surface area is 181 Å². The molecule has 166 valence electrons. The summed E-state index contributed by atoms with van der Waals surface area (Å²) < 4.78 is 15.5. The number of hydrogen-bond acceptors (Lipinski definition) is 6. The SMILES string of the molecule is COc1ccc(OC)c(NC(=O)COC(=O)[C@@H](NC(=O)Cc2ccccc2)C(C)C)c1. The molecule has 2 aromatic carbocycles. The van der Waals surface area contributed by atoms with Crippen LogP contribution in [0.3, 0.4) is 0 Å². The van der Waals surface area contributed by atoms with Crippen molar-refractivity contribution in [3.8, 4) is 11.5 Å². The number of esters is 1. The Morgan fingerprint density at radius 2 is 1.65 bits per heavy atom. The molecule has 2 amide bonds. The molecule has 0 saturated heterocycles. The van der Waals surface area contributed by atoms with Crippen molar-refractivity contribution in [2.75, 3.05) is 26.1 Å². The summed E-state index contributed by atoms with van der Waals surface area (Å²) in [6.45, 7) is 3.07. The average Bonchev–Trinajstić information content (AvgIpc) is 2.76. The van der Waals surface area contributed by atoms with Gasteiger partial charge in [0.25, 0.3) is 5.91 Å². The van der Waals surface area contributed by atoms with E-state index in [1.807, 2.05) is 30.3 Å². The molecule has 0 aliphatic carbocycles. The van der Waals surface area contributed by atoms with Crippen LogP contribution in [0.15, 0.2) is 48.5 Å². The van der Waals surface area contributed by atoms with E-state index in [1.54, 1.807) is 32.0 Å². The second kappa shape index (κ2) is 11.6. The summed E-state index contributed by atoms with van der Waals surface area (Å²) >= 11 is 0. The van der Waals surface area contributed by atoms with Crippen molar-refractivity contribution in [1.82, 2.24) is 5.32 Å². The second-order valence-corrected chi connectivity index (χ2v) is 7.17. The lowest BCUT2D eigenvalue weighted by Crippen LogP contribution is -2.46. The number of benzene rings is 2. The summed E-state index contributed by atoms with van der Waals surface area (Å²) in [7, 11) is 2.98. The quantitative estimate of drug-likeness (QED) is 0.564. The fourth-order valence-electron chi connectivity index (χ4n) is 2.83. The molecule has 0 aliphatic rings. The van der Waals surface area contributed by atoms with Gasteiger partial charge in [-0.05, 0) is 23.6 Å². The molecule has 2 rings (SSSR count). The molecule has 0 heterocycles. The smallest absolute Gasteiger partial charge is 0.329 e. The van der Waals surface area contributed by atoms with Crippen molar-refractivity contribution < 1.29 is 28.6 Å². The molecule has 1 atom stereocenters. The summed E-state index contributed by atoms with van der Waals surface area (Å²) in [6.07, 6.45) is 0.146. The van der Waals surface area contributed by atoms with Crippen LogP contribution in [0.4, 0.5) is 5.69 Å². The molecule has 0 bridgehead atoms. The summed E-state index contributed by atoms with van der Waals surface area (Å²) in [5, 5.41) is 5.31. The van der Waals surface area contributed by atoms with Gasteiger partial charge in [0.05, 0.1) is 26.3 Å². The average molecular weight is 428 g/mol. The van der Waals surface area contributed by atoms with Gasteiger partial charge >= 0.3 is 5.97 Å². The number of hydrogen-bond donors (Lipinski definition) is 2. The third-order valence-electron chi connectivity index (χ3n) is 4.47. The Morgan fingerprint density at radius 3 is 2.26 bits per heavy atom. The molecule has 8 heteroatoms. The molecule has 2 aromatic rings. The minimum Gasteiger partial charge on any atom is -0.497 e. The van der Waals surface area contributed by atoms with Crippen molar-refractivity contribution in [3.63, 3.8) is 0 Å². The number of nitrogens with one attached hydrogen (secondary N) is 2. The molecule has 0 radical (unpaired) electrons. The van der Waals surface area contributed by atoms with Gasteiger partial charge in [-0.15, -0.1) is 0 Å². The van der Waals surface area contributed by atoms with E-state index in [0.29, 0.717) is 17.2 Å². The first-order chi connectivity index (χ1) is 14.8. The van der Waals surface area contributed by atoms with E-state index in [-0.39, 0.29) is 18.2 Å². The van der Waals surface area contributed by atoms with Gasteiger partial charge in [-0.25, -0.2) is 4.79 Å². The van der Waals surface area contributed by atoms with Crippen LogP contribution in [0.2, 0.25) is 0 Å². The van der Waals surface area contributed by atoms with Crippen LogP contribution in [-0.4, -0.2) is 44.7 Å². The van der Waals surface area contributed by atoms with Gasteiger partial charge < -0.3 is 24.8 Å². The first-order valence-corrected chi connectivity index (χ1v) is 9.85. The highest BCUT2D eigenvalue weighted by Gasteiger charge is 2.26. The number of carbonyl (C=O) groups excluding carboxylic acids is 3. The van der Waals surface area contributed by atoms with Gasteiger partial charge in [0, 0.05) is 6.07 Å². The number of ether oxygens (including phenoxy) is 3. The van der Waals surface area contributed by atoms with Crippen molar-refractivity contribution in [1.29, 1.82) is 0 Å². The number of methoxy groups -OCH3 is 2. The molecule has 8 nitrogen and oxygen atoms in total. The molecule has 2 N–H and O–H groups in total. The molecule has 0 spiro atoms. The highest BCUT2D eigenvalue weighted by molar-refractivity contribution is 5.95. The Hall–Kier alpha value is -3.55. The standard InChI is InChI=1S/C23H28N2O6/c1-15(2)22(25-20(26)12-16-8-6-5-7-9-16)23(28)31-14-21(27)24-18-13-17(29-3)10-11-19(18)30-4/h5-11,13,15,22H,12,14H2,1-4H3,(H,24,27)(H,25,26)/t22-/m0/s1. The van der Waals surface area contributed by atoms with Crippen LogP contribution in [-0.2, 0) is 25.5 Å². The van der Waals surface area contributed by atoms with E-state index in [9.17, 15) is 14.4 Å². The predicted octanol–water partition coefficient (Wildman–Crippen LogP) is 2.57. The van der Waals surface area contributed by atoms with Crippen LogP contribution in [0, 0.1) is 5.92 Å². The van der Waals surface area contributed by atoms with E-state index in [2.05, 4.69) is 10.6 Å². The fraction of sp³-hybridized carbons (Fsp3) is 0.348. The lowest BCUT2D eigenvalue weighted by molar-refractivity contribution is -0.151. The van der Waals surface area contributed by atoms with Crippen LogP contribution in [0.25, 0.3) is 0 Å². The number of rotatable bonds is 10. The van der Waals surface area contributed by atoms with Gasteiger partial charge in [-0.3, -0.25) is 9.59 Å². The predicted molar refractivity (Wildman–Crippen MR) is 116 cm³/mol. The first kappa shape index (κ1) is 23.7. The van der Waals surface area contributed by atoms with Crippen LogP contribution in [0.5, 0.6) is 11.5 Å². The van der Waals surface area contributed by atoms with Crippen molar-refractivity contribution in [3.05, 3.63) is 54.1 Å². The Kier molecular flexibility index (Phi) is 8.87. The Balaban J connectivity index is 1.92. The van der Waals surface area contributed by atoms with Gasteiger partial charge in [0.2, 0.25) is 5.91 Å². The molecule has 0 saturated carbocycles. The van der Waals surface area contributed by atoms with Gasteiger partial charge in [0.1, 0.15) is 17.5 Å². The van der Waals surface area contributed by atoms with Gasteiger partial charge in [0.15, 0.2) is 6.61 Å². The molecule has 0 unspecified atom stereocenters. The number of carbonyl (C=O) groups is 3. The van der Waals surface area contributed by atoms with E-state index >= 15 is 0 Å². The molecular weight excluding hydrogens is 400 g/mol. The zero-order valence-electron chi connectivity index (χ0n) is 18.1. The second-order valence-electron chi connectivity index (χ2n) is 7.17. The number of anilines is 1. The highest BCUT2D eigenvalue weighted by Crippen LogP contribution is 2.28. The summed E-state index contributed by atoms with van der Waals surface area (Å²) in [5.41, 5.74) is 1.22. The molecule has 0 aromatic heterocycles. The fourth-order valence-corrected chi connectivity index (χ4v) is 2.83. The zero-order chi connectivity index (χ0) is 22.8. The van der Waals surface area contributed by atoms with Crippen molar-refractivity contribution in [2.24, 2.45) is 5.92 Å². The van der Waals surface area contributed by atoms with E-state index in [4.69, 9.17) is 14.2 Å². The van der Waals surface area contributed by atoms with Crippen molar-refractivity contribution in [2.45, 2.75) is 26.3 Å². The molecule has 31 heavy (non-hydrogen) atoms. The lowest BCUT2D eigenvalue weighted by Gasteiger charge is -2.21. The molecular formula is C23H28N2O6. The third kappa shape index (κ3) is 7.33. The zero-order valence-corrected chi connectivity index (χ0v) is 18.1. The Bertz CT molecular complexity index is 898. The van der Waals surface area contributed by atoms with Crippen molar-refractivity contribution >= 4 is 23.5 Å². The van der Waals surface area contributed by atoms with Crippen LogP contribution < -0.4 is 20.1 Å². The third-order valence-corrected chi connectivity index (χ3v) is 4.47. The van der Waals surface area contributed by atoms with E-state index in [1.165, 1.54) is 14.2 Å². The Morgan fingerprint density at radius 1 is 0.935 bits per heavy atom. The van der Waals surface area contributed by atoms with E-state index in [0.717, 1.165) is 5.56 Å². The monoisotopic (exact) mass is 428 g/mol. The maximum absolute atomic E-state index is 12.5. The summed E-state index contributed by atoms with van der Waals surface area (Å²) in [5.74, 6) is -0.758. The van der Waals surface area contributed by atoms with Crippen LogP contribution in [0.1, 0.15) is 19.4 Å². The normalized spacial score (nSPS) is 11.4. The van der Waals surface area contributed by atoms with Gasteiger partial charge in [-0.1, -0.05) is 44.2 Å². The summed E-state index contributed by atoms with van der Waals surface area (Å²) in [6, 6.07) is 13.3. The largest absolute Gasteiger partial charge is 0.497 e. The minimum absolute atomic E-state index is 0.146. The molecule has 0 aliphatic heterocycles. The van der Waals surface area contributed by atoms with Crippen LogP contribution >= 0.6 is 0 Å². The van der Waals surface area contributed by atoms with E-state index < -0.39 is 24.5 Å². The maximum Gasteiger partial charge on any atom is 0.329 e. The lowest BCUT2D eigenvalue weighted by atomic mass is 10.0. The topological polar surface area (TPSA) is 103 Å². The molecule has 0 fully saturated rings. The first-order valence-electron chi connectivity index (χ1n) is 9.85. The number of amides is 2. The highest BCUT2D eigenvalue weighted by atomic mass is 16.5. The maximum atomic E-state index is 12.5.